The van der Waals surface area contributed by atoms with E-state index in [4.69, 9.17) is 37.9 Å². The fourth-order valence-electron chi connectivity index (χ4n) is 8.65. The van der Waals surface area contributed by atoms with Gasteiger partial charge < -0.3 is 48.5 Å². The predicted molar refractivity (Wildman–Crippen MR) is 252 cm³/mol. The van der Waals surface area contributed by atoms with Crippen molar-refractivity contribution in [3.05, 3.63) is 120 Å². The van der Waals surface area contributed by atoms with E-state index in [-0.39, 0.29) is 65.7 Å². The number of fused-ring (bicyclic) bond motifs is 7. The van der Waals surface area contributed by atoms with E-state index in [1.807, 2.05) is 72.8 Å². The molecule has 2 amide bonds. The number of alkyl carbamates (subject to hydrolysis) is 1. The molecule has 6 aromatic carbocycles. The van der Waals surface area contributed by atoms with Crippen molar-refractivity contribution in [1.82, 2.24) is 10.6 Å². The highest BCUT2D eigenvalue weighted by Crippen LogP contribution is 2.47. The summed E-state index contributed by atoms with van der Waals surface area (Å²) >= 11 is 0. The quantitative estimate of drug-likeness (QED) is 0.164. The molecule has 0 bridgehead atoms. The SMILES string of the molecule is COC(=O)[C@H](C)NC(=O)C1(NC(=O)OC(C)(C)C)Cc2cccc3c2-c2c(cccc2OCCOCCOc2ccc4ccccc4c2-c2c(ccc4ccccc24)OCCOCCO3)C1. The van der Waals surface area contributed by atoms with E-state index in [1.54, 1.807) is 20.8 Å². The average molecular weight is 897 g/mol. The summed E-state index contributed by atoms with van der Waals surface area (Å²) in [5.74, 6) is 1.25. The molecule has 1 heterocycles. The van der Waals surface area contributed by atoms with Crippen molar-refractivity contribution in [1.29, 1.82) is 0 Å². The molecule has 66 heavy (non-hydrogen) atoms. The summed E-state index contributed by atoms with van der Waals surface area (Å²) in [7, 11) is 1.25. The van der Waals surface area contributed by atoms with Crippen LogP contribution in [0.25, 0.3) is 43.8 Å². The van der Waals surface area contributed by atoms with Gasteiger partial charge in [0, 0.05) is 35.1 Å². The van der Waals surface area contributed by atoms with Gasteiger partial charge in [-0.25, -0.2) is 9.59 Å². The second kappa shape index (κ2) is 20.1. The van der Waals surface area contributed by atoms with Gasteiger partial charge in [0.2, 0.25) is 5.91 Å². The molecule has 6 aromatic rings. The lowest BCUT2D eigenvalue weighted by Gasteiger charge is -2.34. The van der Waals surface area contributed by atoms with Crippen LogP contribution in [0.4, 0.5) is 4.79 Å². The summed E-state index contributed by atoms with van der Waals surface area (Å²) in [6.45, 7) is 8.78. The number of rotatable bonds is 4. The maximum atomic E-state index is 14.6. The largest absolute Gasteiger partial charge is 0.491 e. The van der Waals surface area contributed by atoms with E-state index >= 15 is 0 Å². The van der Waals surface area contributed by atoms with E-state index in [9.17, 15) is 14.4 Å². The highest BCUT2D eigenvalue weighted by molar-refractivity contribution is 6.09. The minimum Gasteiger partial charge on any atom is -0.491 e. The molecule has 0 saturated heterocycles. The standard InChI is InChI=1S/C53H56N2O11/c1-34(49(56)59-5)54-50(57)53(55-51(58)66-52(2,3)4)32-37-14-10-18-41-45(37)46-38(33-53)15-11-19-42(46)63-29-25-61-27-31-65-44-23-21-36-13-7-9-17-40(36)48(44)47-39-16-8-6-12-35(39)20-22-43(47)64-30-26-60-24-28-62-41/h6-23,34H,24-33H2,1-5H3,(H,54,57)(H,55,58)/t34-/m0/s1. The van der Waals surface area contributed by atoms with Gasteiger partial charge in [0.15, 0.2) is 0 Å². The monoisotopic (exact) mass is 896 g/mol. The minimum atomic E-state index is -1.63. The molecule has 0 aromatic heterocycles. The first-order valence-corrected chi connectivity index (χ1v) is 22.3. The van der Waals surface area contributed by atoms with Gasteiger partial charge in [-0.05, 0) is 84.6 Å². The summed E-state index contributed by atoms with van der Waals surface area (Å²) < 4.78 is 49.0. The van der Waals surface area contributed by atoms with Crippen LogP contribution in [0.5, 0.6) is 23.0 Å². The van der Waals surface area contributed by atoms with Crippen LogP contribution >= 0.6 is 0 Å². The van der Waals surface area contributed by atoms with Crippen molar-refractivity contribution in [2.24, 2.45) is 0 Å². The van der Waals surface area contributed by atoms with Crippen molar-refractivity contribution in [3.63, 3.8) is 0 Å². The summed E-state index contributed by atoms with van der Waals surface area (Å²) in [6, 6.07) is 34.8. The zero-order valence-corrected chi connectivity index (χ0v) is 38.0. The summed E-state index contributed by atoms with van der Waals surface area (Å²) in [6.07, 6.45) is -0.766. The van der Waals surface area contributed by atoms with Gasteiger partial charge in [0.05, 0.1) is 33.5 Å². The molecule has 1 aliphatic heterocycles. The minimum absolute atomic E-state index is 0.0131. The fourth-order valence-corrected chi connectivity index (χ4v) is 8.65. The van der Waals surface area contributed by atoms with E-state index in [0.717, 1.165) is 32.7 Å². The van der Waals surface area contributed by atoms with E-state index in [0.29, 0.717) is 45.3 Å². The molecular formula is C53H56N2O11. The van der Waals surface area contributed by atoms with Gasteiger partial charge >= 0.3 is 12.1 Å². The Labute approximate surface area is 384 Å². The van der Waals surface area contributed by atoms with Crippen LogP contribution in [0.2, 0.25) is 0 Å². The van der Waals surface area contributed by atoms with Crippen molar-refractivity contribution in [2.45, 2.75) is 57.7 Å². The third kappa shape index (κ3) is 10.2. The maximum absolute atomic E-state index is 14.6. The Morgan fingerprint density at radius 1 is 0.561 bits per heavy atom. The van der Waals surface area contributed by atoms with E-state index in [2.05, 4.69) is 47.0 Å². The number of esters is 1. The molecule has 2 N–H and O–H groups in total. The fraction of sp³-hybridized carbons (Fsp3) is 0.340. The molecule has 0 unspecified atom stereocenters. The zero-order valence-electron chi connectivity index (χ0n) is 38.0. The van der Waals surface area contributed by atoms with Gasteiger partial charge in [-0.1, -0.05) is 84.9 Å². The number of hydrogen-bond donors (Lipinski definition) is 2. The Morgan fingerprint density at radius 3 is 1.44 bits per heavy atom. The average Bonchev–Trinajstić information content (AvgIpc) is 3.45. The molecule has 8 rings (SSSR count). The van der Waals surface area contributed by atoms with Crippen molar-refractivity contribution in [3.8, 4) is 45.3 Å². The molecule has 1 aliphatic carbocycles. The first kappa shape index (κ1) is 45.7. The molecule has 0 saturated carbocycles. The van der Waals surface area contributed by atoms with E-state index < -0.39 is 35.2 Å². The highest BCUT2D eigenvalue weighted by atomic mass is 16.6. The number of hydrogen-bond acceptors (Lipinski definition) is 11. The topological polar surface area (TPSA) is 149 Å². The number of methoxy groups -OCH3 is 1. The Hall–Kier alpha value is -6.83. The first-order chi connectivity index (χ1) is 31.9. The lowest BCUT2D eigenvalue weighted by atomic mass is 9.85. The van der Waals surface area contributed by atoms with Gasteiger partial charge in [0.25, 0.3) is 0 Å². The molecular weight excluding hydrogens is 841 g/mol. The van der Waals surface area contributed by atoms with Crippen LogP contribution in [0.3, 0.4) is 0 Å². The Morgan fingerprint density at radius 2 is 1.00 bits per heavy atom. The zero-order chi connectivity index (χ0) is 46.3. The van der Waals surface area contributed by atoms with Crippen molar-refractivity contribution < 1.29 is 52.3 Å². The Kier molecular flexibility index (Phi) is 14.0. The smallest absolute Gasteiger partial charge is 0.408 e. The second-order valence-electron chi connectivity index (χ2n) is 17.3. The van der Waals surface area contributed by atoms with Gasteiger partial charge in [-0.3, -0.25) is 4.79 Å². The van der Waals surface area contributed by atoms with Gasteiger partial charge in [-0.2, -0.15) is 0 Å². The number of ether oxygens (including phenoxy) is 8. The van der Waals surface area contributed by atoms with Gasteiger partial charge in [0.1, 0.15) is 66.6 Å². The Bertz CT molecular complexity index is 2580. The van der Waals surface area contributed by atoms with Crippen molar-refractivity contribution >= 4 is 39.5 Å². The summed E-state index contributed by atoms with van der Waals surface area (Å²) in [5.41, 5.74) is 2.14. The summed E-state index contributed by atoms with van der Waals surface area (Å²) in [5, 5.41) is 9.93. The number of carbonyl (C=O) groups is 3. The molecule has 2 aliphatic rings. The molecule has 0 spiro atoms. The van der Waals surface area contributed by atoms with Crippen LogP contribution in [0, 0.1) is 0 Å². The van der Waals surface area contributed by atoms with Crippen LogP contribution in [0.15, 0.2) is 109 Å². The summed E-state index contributed by atoms with van der Waals surface area (Å²) in [4.78, 5) is 40.8. The number of amides is 2. The predicted octanol–water partition coefficient (Wildman–Crippen LogP) is 8.63. The normalized spacial score (nSPS) is 16.0. The lowest BCUT2D eigenvalue weighted by Crippen LogP contribution is -2.63. The maximum Gasteiger partial charge on any atom is 0.408 e. The van der Waals surface area contributed by atoms with Crippen LogP contribution < -0.4 is 29.6 Å². The van der Waals surface area contributed by atoms with Crippen molar-refractivity contribution in [2.75, 3.05) is 60.0 Å². The highest BCUT2D eigenvalue weighted by Gasteiger charge is 2.46. The third-order valence-electron chi connectivity index (χ3n) is 11.5. The second-order valence-corrected chi connectivity index (χ2v) is 17.3. The molecule has 0 fully saturated rings. The Balaban J connectivity index is 1.13. The van der Waals surface area contributed by atoms with Crippen LogP contribution in [0.1, 0.15) is 38.8 Å². The first-order valence-electron chi connectivity index (χ1n) is 22.3. The van der Waals surface area contributed by atoms with Gasteiger partial charge in [-0.15, -0.1) is 0 Å². The molecule has 344 valence electrons. The molecule has 1 atom stereocenters. The lowest BCUT2D eigenvalue weighted by molar-refractivity contribution is -0.145. The molecule has 0 radical (unpaired) electrons. The number of carbonyl (C=O) groups excluding carboxylic acids is 3. The van der Waals surface area contributed by atoms with Crippen LogP contribution in [-0.2, 0) is 41.4 Å². The third-order valence-corrected chi connectivity index (χ3v) is 11.5. The molecule has 13 heteroatoms. The van der Waals surface area contributed by atoms with E-state index in [1.165, 1.54) is 14.0 Å². The number of nitrogens with one attached hydrogen (secondary N) is 2. The number of benzene rings is 6. The molecule has 13 nitrogen and oxygen atoms in total. The van der Waals surface area contributed by atoms with Crippen LogP contribution in [-0.4, -0.2) is 95.1 Å².